The van der Waals surface area contributed by atoms with Crippen molar-refractivity contribution >= 4 is 11.6 Å². The van der Waals surface area contributed by atoms with Gasteiger partial charge < -0.3 is 0 Å². The fraction of sp³-hybridized carbons (Fsp3) is 0. The Morgan fingerprint density at radius 3 is 2.70 bits per heavy atom. The first kappa shape index (κ1) is 5.25. The van der Waals surface area contributed by atoms with E-state index in [2.05, 4.69) is 6.07 Å². The summed E-state index contributed by atoms with van der Waals surface area (Å²) in [5.74, 6) is 0. The van der Waals surface area contributed by atoms with Crippen LogP contribution in [0, 0.1) is 11.3 Å². The molecule has 0 aliphatic heterocycles. The molecule has 1 aliphatic rings. The minimum Gasteiger partial charge on any atom is -0.192 e. The first-order valence-corrected chi connectivity index (χ1v) is 3.13. The van der Waals surface area contributed by atoms with Crippen LogP contribution < -0.4 is 0 Å². The molecule has 1 aliphatic carbocycles. The maximum atomic E-state index is 8.51. The van der Waals surface area contributed by atoms with Crippen LogP contribution in [0.2, 0.25) is 0 Å². The van der Waals surface area contributed by atoms with Crippen molar-refractivity contribution in [3.63, 3.8) is 0 Å². The van der Waals surface area contributed by atoms with Crippen molar-refractivity contribution in [1.29, 1.82) is 5.26 Å². The number of nitriles is 1. The van der Waals surface area contributed by atoms with Gasteiger partial charge >= 0.3 is 0 Å². The lowest BCUT2D eigenvalue weighted by Crippen LogP contribution is -1.94. The molecular formula is C9H5N. The molecule has 1 nitrogen and oxygen atoms in total. The summed E-state index contributed by atoms with van der Waals surface area (Å²) in [4.78, 5) is 0. The zero-order chi connectivity index (χ0) is 6.97. The lowest BCUT2D eigenvalue weighted by atomic mass is 9.90. The smallest absolute Gasteiger partial charge is 0.0998 e. The molecule has 0 heterocycles. The van der Waals surface area contributed by atoms with Crippen LogP contribution >= 0.6 is 0 Å². The molecule has 10 heavy (non-hydrogen) atoms. The predicted molar refractivity (Wildman–Crippen MR) is 39.9 cm³/mol. The van der Waals surface area contributed by atoms with E-state index >= 15 is 0 Å². The molecule has 0 atom stereocenters. The van der Waals surface area contributed by atoms with Crippen LogP contribution in [-0.2, 0) is 0 Å². The van der Waals surface area contributed by atoms with E-state index in [9.17, 15) is 0 Å². The van der Waals surface area contributed by atoms with E-state index < -0.39 is 0 Å². The Morgan fingerprint density at radius 1 is 1.20 bits per heavy atom. The molecule has 46 valence electrons. The van der Waals surface area contributed by atoms with Gasteiger partial charge in [0.05, 0.1) is 11.6 Å². The van der Waals surface area contributed by atoms with Gasteiger partial charge in [-0.2, -0.15) is 5.26 Å². The molecule has 0 saturated carbocycles. The van der Waals surface area contributed by atoms with E-state index in [4.69, 9.17) is 5.26 Å². The first-order chi connectivity index (χ1) is 4.92. The van der Waals surface area contributed by atoms with Crippen LogP contribution in [-0.4, -0.2) is 0 Å². The molecule has 0 N–H and O–H groups in total. The second-order valence-electron chi connectivity index (χ2n) is 2.26. The highest BCUT2D eigenvalue weighted by Crippen LogP contribution is 2.30. The summed E-state index contributed by atoms with van der Waals surface area (Å²) in [6.45, 7) is 0. The third-order valence-electron chi connectivity index (χ3n) is 1.67. The van der Waals surface area contributed by atoms with Crippen LogP contribution in [0.5, 0.6) is 0 Å². The topological polar surface area (TPSA) is 23.8 Å². The minimum absolute atomic E-state index is 0.801. The normalized spacial score (nSPS) is 12.5. The van der Waals surface area contributed by atoms with Crippen molar-refractivity contribution in [2.45, 2.75) is 0 Å². The molecule has 0 spiro atoms. The monoisotopic (exact) mass is 127 g/mol. The molecule has 0 amide bonds. The fourth-order valence-electron chi connectivity index (χ4n) is 1.12. The lowest BCUT2D eigenvalue weighted by Gasteiger charge is -2.12. The summed E-state index contributed by atoms with van der Waals surface area (Å²) in [5, 5.41) is 8.51. The number of benzene rings is 1. The summed E-state index contributed by atoms with van der Waals surface area (Å²) in [6.07, 6.45) is 1.90. The van der Waals surface area contributed by atoms with E-state index in [0.717, 1.165) is 11.1 Å². The Hall–Kier alpha value is -1.55. The molecule has 0 saturated heterocycles. The molecule has 1 aromatic rings. The Morgan fingerprint density at radius 2 is 2.00 bits per heavy atom. The predicted octanol–water partition coefficient (Wildman–Crippen LogP) is 2.06. The zero-order valence-corrected chi connectivity index (χ0v) is 5.33. The van der Waals surface area contributed by atoms with Crippen molar-refractivity contribution < 1.29 is 0 Å². The maximum absolute atomic E-state index is 8.51. The summed E-state index contributed by atoms with van der Waals surface area (Å²) in [5.41, 5.74) is 3.07. The quantitative estimate of drug-likeness (QED) is 0.523. The maximum Gasteiger partial charge on any atom is 0.0998 e. The lowest BCUT2D eigenvalue weighted by molar-refractivity contribution is 1.49. The number of allylic oxidation sites excluding steroid dienone is 1. The van der Waals surface area contributed by atoms with Crippen LogP contribution in [0.3, 0.4) is 0 Å². The minimum atomic E-state index is 0.801. The fourth-order valence-corrected chi connectivity index (χ4v) is 1.12. The van der Waals surface area contributed by atoms with Gasteiger partial charge in [-0.15, -0.1) is 0 Å². The van der Waals surface area contributed by atoms with Gasteiger partial charge in [-0.05, 0) is 17.2 Å². The number of hydrogen-bond acceptors (Lipinski definition) is 1. The number of nitrogens with zero attached hydrogens (tertiary/aromatic N) is 1. The van der Waals surface area contributed by atoms with E-state index in [0.29, 0.717) is 0 Å². The third kappa shape index (κ3) is 0.506. The van der Waals surface area contributed by atoms with Gasteiger partial charge in [0.15, 0.2) is 0 Å². The van der Waals surface area contributed by atoms with Gasteiger partial charge in [0.25, 0.3) is 0 Å². The van der Waals surface area contributed by atoms with Gasteiger partial charge in [-0.3, -0.25) is 0 Å². The summed E-state index contributed by atoms with van der Waals surface area (Å²) in [7, 11) is 0. The highest BCUT2D eigenvalue weighted by atomic mass is 14.3. The largest absolute Gasteiger partial charge is 0.192 e. The molecule has 0 radical (unpaired) electrons. The van der Waals surface area contributed by atoms with Crippen molar-refractivity contribution in [3.8, 4) is 6.07 Å². The Labute approximate surface area is 59.2 Å². The molecule has 2 rings (SSSR count). The van der Waals surface area contributed by atoms with Crippen molar-refractivity contribution in [3.05, 3.63) is 35.4 Å². The number of hydrogen-bond donors (Lipinski definition) is 0. The second kappa shape index (κ2) is 1.71. The Kier molecular flexibility index (Phi) is 0.900. The van der Waals surface area contributed by atoms with Gasteiger partial charge in [-0.1, -0.05) is 24.3 Å². The van der Waals surface area contributed by atoms with Gasteiger partial charge in [0.1, 0.15) is 0 Å². The molecule has 0 bridgehead atoms. The van der Waals surface area contributed by atoms with Gasteiger partial charge in [-0.25, -0.2) is 0 Å². The molecule has 0 fully saturated rings. The van der Waals surface area contributed by atoms with Crippen molar-refractivity contribution in [1.82, 2.24) is 0 Å². The van der Waals surface area contributed by atoms with Gasteiger partial charge in [0.2, 0.25) is 0 Å². The SMILES string of the molecule is N#CC1=Cc2ccccc21. The highest BCUT2D eigenvalue weighted by Gasteiger charge is 2.13. The van der Waals surface area contributed by atoms with E-state index in [-0.39, 0.29) is 0 Å². The molecule has 0 unspecified atom stereocenters. The van der Waals surface area contributed by atoms with E-state index in [1.165, 1.54) is 5.56 Å². The third-order valence-corrected chi connectivity index (χ3v) is 1.67. The van der Waals surface area contributed by atoms with Crippen molar-refractivity contribution in [2.24, 2.45) is 0 Å². The Bertz CT molecular complexity index is 342. The summed E-state index contributed by atoms with van der Waals surface area (Å²) in [6, 6.07) is 10.0. The van der Waals surface area contributed by atoms with Crippen LogP contribution in [0.25, 0.3) is 11.6 Å². The van der Waals surface area contributed by atoms with Crippen molar-refractivity contribution in [2.75, 3.05) is 0 Å². The van der Waals surface area contributed by atoms with E-state index in [1.807, 2.05) is 30.3 Å². The molecule has 1 heteroatoms. The number of rotatable bonds is 0. The number of fused-ring (bicyclic) bond motifs is 1. The van der Waals surface area contributed by atoms with Crippen LogP contribution in [0.15, 0.2) is 24.3 Å². The van der Waals surface area contributed by atoms with Crippen LogP contribution in [0.4, 0.5) is 0 Å². The Balaban J connectivity index is 2.55. The second-order valence-corrected chi connectivity index (χ2v) is 2.26. The molecule has 0 aromatic heterocycles. The summed E-state index contributed by atoms with van der Waals surface area (Å²) >= 11 is 0. The van der Waals surface area contributed by atoms with Gasteiger partial charge in [0, 0.05) is 0 Å². The highest BCUT2D eigenvalue weighted by molar-refractivity contribution is 6.01. The zero-order valence-electron chi connectivity index (χ0n) is 5.33. The molecular weight excluding hydrogens is 122 g/mol. The average molecular weight is 127 g/mol. The average Bonchev–Trinajstić information content (AvgIpc) is 1.92. The summed E-state index contributed by atoms with van der Waals surface area (Å²) < 4.78 is 0. The molecule has 1 aromatic carbocycles. The van der Waals surface area contributed by atoms with Crippen LogP contribution in [0.1, 0.15) is 11.1 Å². The van der Waals surface area contributed by atoms with E-state index in [1.54, 1.807) is 0 Å². The standard InChI is InChI=1S/C9H5N/c10-6-8-5-7-3-1-2-4-9(7)8/h1-5H. The first-order valence-electron chi connectivity index (χ1n) is 3.13.